The third kappa shape index (κ3) is 6.14. The van der Waals surface area contributed by atoms with Gasteiger partial charge in [-0.1, -0.05) is 0 Å². The Bertz CT molecular complexity index is 1650. The van der Waals surface area contributed by atoms with Crippen molar-refractivity contribution in [1.82, 2.24) is 0 Å². The lowest BCUT2D eigenvalue weighted by Gasteiger charge is -2.41. The molecule has 0 spiro atoms. The van der Waals surface area contributed by atoms with Gasteiger partial charge in [-0.15, -0.1) is 0 Å². The van der Waals surface area contributed by atoms with Crippen molar-refractivity contribution in [3.8, 4) is 40.1 Å². The lowest BCUT2D eigenvalue weighted by Crippen LogP contribution is -2.61. The Morgan fingerprint density at radius 3 is 2.20 bits per heavy atom. The number of fused-ring (bicyclic) bond motifs is 1. The van der Waals surface area contributed by atoms with Gasteiger partial charge in [0, 0.05) is 24.6 Å². The number of aliphatic hydroxyl groups is 6. The van der Waals surface area contributed by atoms with Crippen LogP contribution >= 0.6 is 0 Å². The van der Waals surface area contributed by atoms with E-state index in [2.05, 4.69) is 0 Å². The quantitative estimate of drug-likeness (QED) is 0.104. The van der Waals surface area contributed by atoms with Crippen molar-refractivity contribution < 1.29 is 78.9 Å². The number of aromatic hydroxyl groups is 3. The van der Waals surface area contributed by atoms with Gasteiger partial charge in [-0.25, -0.2) is 0 Å². The average Bonchev–Trinajstić information content (AvgIpc) is 3.00. The van der Waals surface area contributed by atoms with Crippen LogP contribution < -0.4 is 14.9 Å². The molecule has 9 N–H and O–H groups in total. The van der Waals surface area contributed by atoms with Gasteiger partial charge in [-0.2, -0.15) is 0 Å². The summed E-state index contributed by atoms with van der Waals surface area (Å²) >= 11 is 0. The summed E-state index contributed by atoms with van der Waals surface area (Å²) < 4.78 is 33.3. The molecule has 10 atom stereocenters. The number of phenols is 3. The maximum absolute atomic E-state index is 13.9. The Labute approximate surface area is 258 Å². The summed E-state index contributed by atoms with van der Waals surface area (Å²) in [6, 6.07) is 5.40. The van der Waals surface area contributed by atoms with Crippen molar-refractivity contribution in [2.75, 3.05) is 6.61 Å². The van der Waals surface area contributed by atoms with E-state index < -0.39 is 114 Å². The average molecular weight is 653 g/mol. The minimum absolute atomic E-state index is 0.0637. The van der Waals surface area contributed by atoms with Crippen molar-refractivity contribution in [2.24, 2.45) is 0 Å². The van der Waals surface area contributed by atoms with Gasteiger partial charge in [0.1, 0.15) is 59.1 Å². The van der Waals surface area contributed by atoms with Crippen molar-refractivity contribution in [3.05, 3.63) is 40.6 Å². The van der Waals surface area contributed by atoms with Crippen LogP contribution in [0.1, 0.15) is 13.8 Å². The second kappa shape index (κ2) is 12.9. The molecule has 0 unspecified atom stereocenters. The van der Waals surface area contributed by atoms with E-state index in [4.69, 9.17) is 28.1 Å². The molecular formula is C29H32O17. The monoisotopic (exact) mass is 652 g/mol. The van der Waals surface area contributed by atoms with Gasteiger partial charge in [0.05, 0.1) is 12.7 Å². The molecule has 17 heteroatoms. The molecule has 3 aromatic rings. The van der Waals surface area contributed by atoms with E-state index in [0.29, 0.717) is 0 Å². The van der Waals surface area contributed by atoms with Crippen LogP contribution in [0.2, 0.25) is 0 Å². The number of ether oxygens (including phenoxy) is 5. The summed E-state index contributed by atoms with van der Waals surface area (Å²) in [5, 5.41) is 91.5. The maximum atomic E-state index is 13.9. The van der Waals surface area contributed by atoms with Gasteiger partial charge in [0.15, 0.2) is 23.4 Å². The van der Waals surface area contributed by atoms with Crippen LogP contribution in [-0.2, 0) is 19.0 Å². The zero-order valence-electron chi connectivity index (χ0n) is 24.2. The highest BCUT2D eigenvalue weighted by Gasteiger charge is 2.48. The Kier molecular flexibility index (Phi) is 9.30. The van der Waals surface area contributed by atoms with Crippen molar-refractivity contribution in [3.63, 3.8) is 0 Å². The van der Waals surface area contributed by atoms with E-state index in [1.54, 1.807) is 0 Å². The van der Waals surface area contributed by atoms with Gasteiger partial charge >= 0.3 is 5.97 Å². The highest BCUT2D eigenvalue weighted by Crippen LogP contribution is 2.40. The van der Waals surface area contributed by atoms with Crippen molar-refractivity contribution in [1.29, 1.82) is 0 Å². The van der Waals surface area contributed by atoms with Crippen LogP contribution in [0, 0.1) is 0 Å². The molecule has 2 aliphatic heterocycles. The molecule has 0 bridgehead atoms. The molecule has 1 aromatic heterocycles. The molecule has 2 saturated heterocycles. The van der Waals surface area contributed by atoms with Gasteiger partial charge < -0.3 is 74.1 Å². The number of phenolic OH excluding ortho intramolecular Hbond substituents is 3. The van der Waals surface area contributed by atoms with E-state index >= 15 is 0 Å². The zero-order valence-corrected chi connectivity index (χ0v) is 24.2. The largest absolute Gasteiger partial charge is 0.507 e. The number of rotatable bonds is 7. The number of hydrogen-bond acceptors (Lipinski definition) is 17. The molecule has 17 nitrogen and oxygen atoms in total. The molecule has 0 radical (unpaired) electrons. The van der Waals surface area contributed by atoms with Gasteiger partial charge in [-0.3, -0.25) is 9.59 Å². The first kappa shape index (κ1) is 33.2. The molecule has 2 fully saturated rings. The van der Waals surface area contributed by atoms with Crippen LogP contribution in [0.4, 0.5) is 0 Å². The molecule has 46 heavy (non-hydrogen) atoms. The number of esters is 1. The summed E-state index contributed by atoms with van der Waals surface area (Å²) in [4.78, 5) is 25.7. The Morgan fingerprint density at radius 1 is 0.826 bits per heavy atom. The number of aliphatic hydroxyl groups excluding tert-OH is 6. The molecule has 0 amide bonds. The topological polar surface area (TPSA) is 275 Å². The predicted octanol–water partition coefficient (Wildman–Crippen LogP) is -1.47. The molecule has 2 aliphatic rings. The highest BCUT2D eigenvalue weighted by atomic mass is 16.7. The van der Waals surface area contributed by atoms with E-state index in [9.17, 15) is 55.5 Å². The van der Waals surface area contributed by atoms with Crippen molar-refractivity contribution in [2.45, 2.75) is 75.3 Å². The van der Waals surface area contributed by atoms with Crippen LogP contribution in [0.3, 0.4) is 0 Å². The van der Waals surface area contributed by atoms with E-state index in [0.717, 1.165) is 31.2 Å². The molecular weight excluding hydrogens is 620 g/mol. The Hall–Kier alpha value is -4.20. The molecule has 0 saturated carbocycles. The van der Waals surface area contributed by atoms with Crippen molar-refractivity contribution >= 4 is 16.9 Å². The second-order valence-corrected chi connectivity index (χ2v) is 10.8. The standard InChI is InChI=1S/C29H32O17/c1-9-19(35)22(38)24(40)28(41-9)43-12-6-15(34)18-16(7-12)44-25(11-3-4-13(32)14(33)5-11)26(21(18)37)46-29-27(42-10(2)31)23(39)20(36)17(8-30)45-29/h3-7,9,17,19-20,22-24,27-30,32-36,38-40H,8H2,1-2H3/t9-,17+,19-,20+,22+,23-,24+,27+,28-,29-/m0/s1. The number of benzene rings is 2. The number of carbonyl (C=O) groups excluding carboxylic acids is 1. The summed E-state index contributed by atoms with van der Waals surface area (Å²) in [7, 11) is 0. The van der Waals surface area contributed by atoms with E-state index in [1.165, 1.54) is 13.0 Å². The van der Waals surface area contributed by atoms with E-state index in [1.807, 2.05) is 0 Å². The first-order chi connectivity index (χ1) is 21.7. The fourth-order valence-corrected chi connectivity index (χ4v) is 5.12. The minimum Gasteiger partial charge on any atom is -0.507 e. The molecule has 5 rings (SSSR count). The first-order valence-electron chi connectivity index (χ1n) is 13.9. The summed E-state index contributed by atoms with van der Waals surface area (Å²) in [6.07, 6.45) is -15.8. The van der Waals surface area contributed by atoms with Gasteiger partial charge in [0.2, 0.25) is 23.8 Å². The van der Waals surface area contributed by atoms with Crippen LogP contribution in [0.25, 0.3) is 22.3 Å². The first-order valence-corrected chi connectivity index (χ1v) is 13.9. The normalized spacial score (nSPS) is 31.4. The highest BCUT2D eigenvalue weighted by molar-refractivity contribution is 5.88. The fourth-order valence-electron chi connectivity index (χ4n) is 5.12. The van der Waals surface area contributed by atoms with Crippen LogP contribution in [0.15, 0.2) is 39.5 Å². The number of carbonyl (C=O) groups is 1. The van der Waals surface area contributed by atoms with Crippen LogP contribution in [-0.4, -0.2) is 120 Å². The van der Waals surface area contributed by atoms with E-state index in [-0.39, 0.29) is 16.9 Å². The molecule has 0 aliphatic carbocycles. The minimum atomic E-state index is -1.85. The summed E-state index contributed by atoms with van der Waals surface area (Å²) in [5.41, 5.74) is -1.45. The Morgan fingerprint density at radius 2 is 1.54 bits per heavy atom. The second-order valence-electron chi connectivity index (χ2n) is 10.8. The van der Waals surface area contributed by atoms with Gasteiger partial charge in [-0.05, 0) is 25.1 Å². The van der Waals surface area contributed by atoms with Gasteiger partial charge in [0.25, 0.3) is 0 Å². The third-order valence-corrected chi connectivity index (χ3v) is 7.57. The van der Waals surface area contributed by atoms with Crippen LogP contribution in [0.5, 0.6) is 28.7 Å². The summed E-state index contributed by atoms with van der Waals surface area (Å²) in [6.45, 7) is 1.62. The lowest BCUT2D eigenvalue weighted by molar-refractivity contribution is -0.282. The summed E-state index contributed by atoms with van der Waals surface area (Å²) in [5.74, 6) is -4.15. The number of hydrogen-bond donors (Lipinski definition) is 9. The Balaban J connectivity index is 1.63. The fraction of sp³-hybridized carbons (Fsp3) is 0.448. The zero-order chi connectivity index (χ0) is 33.6. The predicted molar refractivity (Wildman–Crippen MR) is 150 cm³/mol. The SMILES string of the molecule is CC(=O)O[C@H]1[C@H](Oc2c(-c3ccc(O)c(O)c3)oc3cc(O[C@@H]4O[C@@H](C)[C@H](O)[C@@H](O)[C@H]4O)cc(O)c3c2=O)O[C@H](CO)[C@@H](O)[C@@H]1O. The lowest BCUT2D eigenvalue weighted by atomic mass is 9.99. The molecule has 3 heterocycles. The molecule has 2 aromatic carbocycles. The smallest absolute Gasteiger partial charge is 0.303 e. The third-order valence-electron chi connectivity index (χ3n) is 7.57. The maximum Gasteiger partial charge on any atom is 0.303 e. The molecule has 250 valence electrons.